The van der Waals surface area contributed by atoms with E-state index in [1.807, 2.05) is 6.20 Å². The van der Waals surface area contributed by atoms with E-state index in [2.05, 4.69) is 27.5 Å². The molecule has 0 radical (unpaired) electrons. The molecule has 0 saturated carbocycles. The third-order valence-corrected chi connectivity index (χ3v) is 4.58. The second-order valence-corrected chi connectivity index (χ2v) is 6.34. The molecule has 1 aliphatic rings. The summed E-state index contributed by atoms with van der Waals surface area (Å²) in [6.45, 7) is 6.01. The van der Waals surface area contributed by atoms with E-state index in [9.17, 15) is 0 Å². The fourth-order valence-corrected chi connectivity index (χ4v) is 2.95. The Bertz CT molecular complexity index is 464. The highest BCUT2D eigenvalue weighted by atomic mass is 127. The summed E-state index contributed by atoms with van der Waals surface area (Å²) in [6.07, 6.45) is 5.24. The second kappa shape index (κ2) is 12.0. The molecular weight excluding hydrogens is 427 g/mol. The first kappa shape index (κ1) is 20.6. The van der Waals surface area contributed by atoms with Crippen LogP contribution in [0.15, 0.2) is 11.2 Å². The SMILES string of the molecule is CCc1cnc(CNC(=NC)NCCCOC2CCOC2)s1.I. The first-order chi connectivity index (χ1) is 10.8. The van der Waals surface area contributed by atoms with E-state index in [0.717, 1.165) is 56.6 Å². The smallest absolute Gasteiger partial charge is 0.191 e. The van der Waals surface area contributed by atoms with Gasteiger partial charge in [0.05, 0.1) is 19.3 Å². The van der Waals surface area contributed by atoms with Crippen LogP contribution in [0.4, 0.5) is 0 Å². The molecule has 0 aromatic carbocycles. The van der Waals surface area contributed by atoms with Crippen molar-refractivity contribution >= 4 is 41.3 Å². The number of ether oxygens (including phenoxy) is 2. The minimum absolute atomic E-state index is 0. The number of aromatic nitrogens is 1. The van der Waals surface area contributed by atoms with E-state index >= 15 is 0 Å². The third-order valence-electron chi connectivity index (χ3n) is 3.44. The Labute approximate surface area is 159 Å². The Morgan fingerprint density at radius 1 is 1.52 bits per heavy atom. The average molecular weight is 454 g/mol. The summed E-state index contributed by atoms with van der Waals surface area (Å²) in [7, 11) is 1.78. The highest BCUT2D eigenvalue weighted by Gasteiger charge is 2.15. The van der Waals surface area contributed by atoms with Crippen molar-refractivity contribution in [3.8, 4) is 0 Å². The lowest BCUT2D eigenvalue weighted by atomic mass is 10.3. The largest absolute Gasteiger partial charge is 0.379 e. The maximum absolute atomic E-state index is 5.73. The summed E-state index contributed by atoms with van der Waals surface area (Å²) in [5.74, 6) is 0.803. The van der Waals surface area contributed by atoms with Gasteiger partial charge in [-0.1, -0.05) is 6.92 Å². The van der Waals surface area contributed by atoms with E-state index in [1.54, 1.807) is 18.4 Å². The number of hydrogen-bond donors (Lipinski definition) is 2. The summed E-state index contributed by atoms with van der Waals surface area (Å²) < 4.78 is 11.0. The van der Waals surface area contributed by atoms with Gasteiger partial charge >= 0.3 is 0 Å². The van der Waals surface area contributed by atoms with Crippen molar-refractivity contribution in [1.29, 1.82) is 0 Å². The highest BCUT2D eigenvalue weighted by Crippen LogP contribution is 2.12. The average Bonchev–Trinajstić information content (AvgIpc) is 3.21. The van der Waals surface area contributed by atoms with E-state index in [1.165, 1.54) is 4.88 Å². The lowest BCUT2D eigenvalue weighted by molar-refractivity contribution is 0.0420. The first-order valence-corrected chi connectivity index (χ1v) is 8.71. The quantitative estimate of drug-likeness (QED) is 0.273. The number of hydrogen-bond acceptors (Lipinski definition) is 5. The summed E-state index contributed by atoms with van der Waals surface area (Å²) in [5.41, 5.74) is 0. The van der Waals surface area contributed by atoms with Crippen molar-refractivity contribution in [3.63, 3.8) is 0 Å². The van der Waals surface area contributed by atoms with Gasteiger partial charge in [0.15, 0.2) is 5.96 Å². The van der Waals surface area contributed by atoms with Crippen LogP contribution in [0.3, 0.4) is 0 Å². The fraction of sp³-hybridized carbons (Fsp3) is 0.733. The van der Waals surface area contributed by atoms with Gasteiger partial charge in [0, 0.05) is 37.9 Å². The lowest BCUT2D eigenvalue weighted by Crippen LogP contribution is -2.37. The van der Waals surface area contributed by atoms with Gasteiger partial charge in [0.1, 0.15) is 5.01 Å². The molecule has 6 nitrogen and oxygen atoms in total. The molecule has 1 fully saturated rings. The summed E-state index contributed by atoms with van der Waals surface area (Å²) in [6, 6.07) is 0. The minimum atomic E-state index is 0. The molecule has 2 rings (SSSR count). The predicted octanol–water partition coefficient (Wildman–Crippen LogP) is 2.18. The Morgan fingerprint density at radius 3 is 3.04 bits per heavy atom. The topological polar surface area (TPSA) is 67.8 Å². The zero-order chi connectivity index (χ0) is 15.6. The standard InChI is InChI=1S/C15H26N4O2S.HI/c1-3-13-9-18-14(22-13)10-19-15(16-2)17-6-4-7-21-12-5-8-20-11-12;/h9,12H,3-8,10-11H2,1-2H3,(H2,16,17,19);1H. The fourth-order valence-electron chi connectivity index (χ4n) is 2.15. The molecule has 0 bridgehead atoms. The minimum Gasteiger partial charge on any atom is -0.379 e. The number of aliphatic imine (C=N–C) groups is 1. The van der Waals surface area contributed by atoms with Gasteiger partial charge in [-0.3, -0.25) is 4.99 Å². The van der Waals surface area contributed by atoms with Crippen molar-refractivity contribution in [1.82, 2.24) is 15.6 Å². The monoisotopic (exact) mass is 454 g/mol. The van der Waals surface area contributed by atoms with Crippen LogP contribution in [0, 0.1) is 0 Å². The van der Waals surface area contributed by atoms with Gasteiger partial charge in [-0.15, -0.1) is 35.3 Å². The number of halogens is 1. The highest BCUT2D eigenvalue weighted by molar-refractivity contribution is 14.0. The molecule has 1 aromatic heterocycles. The number of aryl methyl sites for hydroxylation is 1. The first-order valence-electron chi connectivity index (χ1n) is 7.89. The Kier molecular flexibility index (Phi) is 10.7. The predicted molar refractivity (Wildman–Crippen MR) is 105 cm³/mol. The molecule has 1 saturated heterocycles. The van der Waals surface area contributed by atoms with Crippen LogP contribution in [0.25, 0.3) is 0 Å². The number of nitrogens with zero attached hydrogens (tertiary/aromatic N) is 2. The van der Waals surface area contributed by atoms with Gasteiger partial charge in [0.2, 0.25) is 0 Å². The van der Waals surface area contributed by atoms with E-state index in [4.69, 9.17) is 9.47 Å². The van der Waals surface area contributed by atoms with E-state index < -0.39 is 0 Å². The van der Waals surface area contributed by atoms with Crippen molar-refractivity contribution in [2.75, 3.05) is 33.4 Å². The summed E-state index contributed by atoms with van der Waals surface area (Å²) >= 11 is 1.74. The van der Waals surface area contributed by atoms with Gasteiger partial charge in [-0.2, -0.15) is 0 Å². The van der Waals surface area contributed by atoms with Crippen LogP contribution < -0.4 is 10.6 Å². The van der Waals surface area contributed by atoms with Crippen LogP contribution >= 0.6 is 35.3 Å². The van der Waals surface area contributed by atoms with Crippen LogP contribution in [-0.4, -0.2) is 50.5 Å². The Balaban J connectivity index is 0.00000264. The Hall–Kier alpha value is -0.450. The molecule has 0 spiro atoms. The molecule has 1 unspecified atom stereocenters. The summed E-state index contributed by atoms with van der Waals surface area (Å²) in [5, 5.41) is 7.66. The maximum Gasteiger partial charge on any atom is 0.191 e. The zero-order valence-electron chi connectivity index (χ0n) is 13.8. The molecule has 0 amide bonds. The van der Waals surface area contributed by atoms with Gasteiger partial charge < -0.3 is 20.1 Å². The molecule has 1 atom stereocenters. The molecule has 2 heterocycles. The van der Waals surface area contributed by atoms with Crippen molar-refractivity contribution < 1.29 is 9.47 Å². The molecular formula is C15H27IN4O2S. The number of nitrogens with one attached hydrogen (secondary N) is 2. The van der Waals surface area contributed by atoms with E-state index in [0.29, 0.717) is 6.54 Å². The van der Waals surface area contributed by atoms with Crippen LogP contribution in [0.2, 0.25) is 0 Å². The molecule has 8 heteroatoms. The van der Waals surface area contributed by atoms with Crippen LogP contribution in [0.5, 0.6) is 0 Å². The van der Waals surface area contributed by atoms with E-state index in [-0.39, 0.29) is 30.1 Å². The molecule has 1 aromatic rings. The molecule has 1 aliphatic heterocycles. The molecule has 23 heavy (non-hydrogen) atoms. The van der Waals surface area contributed by atoms with Crippen molar-refractivity contribution in [3.05, 3.63) is 16.1 Å². The van der Waals surface area contributed by atoms with Crippen LogP contribution in [-0.2, 0) is 22.4 Å². The normalized spacial score (nSPS) is 17.8. The van der Waals surface area contributed by atoms with Crippen LogP contribution in [0.1, 0.15) is 29.7 Å². The Morgan fingerprint density at radius 2 is 2.39 bits per heavy atom. The number of guanidine groups is 1. The number of rotatable bonds is 8. The van der Waals surface area contributed by atoms with Gasteiger partial charge in [0.25, 0.3) is 0 Å². The second-order valence-electron chi connectivity index (χ2n) is 5.14. The molecule has 0 aliphatic carbocycles. The van der Waals surface area contributed by atoms with Crippen molar-refractivity contribution in [2.24, 2.45) is 4.99 Å². The van der Waals surface area contributed by atoms with Gasteiger partial charge in [-0.25, -0.2) is 4.98 Å². The van der Waals surface area contributed by atoms with Crippen molar-refractivity contribution in [2.45, 2.75) is 38.8 Å². The lowest BCUT2D eigenvalue weighted by Gasteiger charge is -2.12. The molecule has 132 valence electrons. The molecule has 2 N–H and O–H groups in total. The summed E-state index contributed by atoms with van der Waals surface area (Å²) in [4.78, 5) is 9.92. The third kappa shape index (κ3) is 7.77. The zero-order valence-corrected chi connectivity index (χ0v) is 17.0. The van der Waals surface area contributed by atoms with Gasteiger partial charge in [-0.05, 0) is 19.3 Å². The maximum atomic E-state index is 5.73. The number of thiazole rings is 1.